The molecule has 0 aromatic heterocycles. The molecule has 1 aromatic rings. The van der Waals surface area contributed by atoms with E-state index in [1.807, 2.05) is 0 Å². The number of carbonyl (C=O) groups is 2. The van der Waals surface area contributed by atoms with Crippen LogP contribution in [0.4, 0.5) is 0 Å². The van der Waals surface area contributed by atoms with Gasteiger partial charge >= 0.3 is 11.9 Å². The van der Waals surface area contributed by atoms with Crippen molar-refractivity contribution in [2.24, 2.45) is 0 Å². The predicted octanol–water partition coefficient (Wildman–Crippen LogP) is 1.81. The Morgan fingerprint density at radius 1 is 1.23 bits per heavy atom. The van der Waals surface area contributed by atoms with Gasteiger partial charge in [-0.2, -0.15) is 0 Å². The van der Waals surface area contributed by atoms with Crippen molar-refractivity contribution in [3.05, 3.63) is 21.2 Å². The van der Waals surface area contributed by atoms with Crippen LogP contribution >= 0.6 is 23.2 Å². The van der Waals surface area contributed by atoms with E-state index in [4.69, 9.17) is 37.4 Å². The fourth-order valence-electron chi connectivity index (χ4n) is 2.76. The summed E-state index contributed by atoms with van der Waals surface area (Å²) in [4.78, 5) is 24.3. The highest BCUT2D eigenvalue weighted by Crippen LogP contribution is 2.44. The van der Waals surface area contributed by atoms with Crippen molar-refractivity contribution in [1.82, 2.24) is 0 Å². The molecule has 2 rings (SSSR count). The molecule has 144 valence electrons. The van der Waals surface area contributed by atoms with Crippen LogP contribution in [-0.4, -0.2) is 58.8 Å². The number of rotatable bonds is 4. The van der Waals surface area contributed by atoms with Crippen molar-refractivity contribution in [1.29, 1.82) is 0 Å². The maximum absolute atomic E-state index is 12.6. The summed E-state index contributed by atoms with van der Waals surface area (Å²) in [6.07, 6.45) is -4.82. The van der Waals surface area contributed by atoms with Gasteiger partial charge < -0.3 is 29.5 Å². The van der Waals surface area contributed by atoms with Gasteiger partial charge in [-0.05, 0) is 18.9 Å². The Kier molecular flexibility index (Phi) is 6.23. The number of cyclic esters (lactones) is 1. The largest absolute Gasteiger partial charge is 0.505 e. The molecule has 1 aliphatic rings. The lowest BCUT2D eigenvalue weighted by Crippen LogP contribution is -2.56. The average Bonchev–Trinajstić information content (AvgIpc) is 2.59. The smallest absolute Gasteiger partial charge is 0.342 e. The molecule has 1 heterocycles. The van der Waals surface area contributed by atoms with Gasteiger partial charge in [0.2, 0.25) is 0 Å². The molecule has 0 radical (unpaired) electrons. The molecule has 0 saturated carbocycles. The molecule has 0 aliphatic carbocycles. The molecule has 1 aliphatic heterocycles. The van der Waals surface area contributed by atoms with Crippen LogP contribution < -0.4 is 0 Å². The molecule has 0 spiro atoms. The molecule has 4 atom stereocenters. The number of phenols is 2. The van der Waals surface area contributed by atoms with Crippen LogP contribution in [0.5, 0.6) is 11.5 Å². The molecule has 10 heteroatoms. The second-order valence-electron chi connectivity index (χ2n) is 5.69. The fraction of sp³-hybridized carbons (Fsp3) is 0.500. The Morgan fingerprint density at radius 3 is 2.38 bits per heavy atom. The maximum atomic E-state index is 12.6. The second kappa shape index (κ2) is 7.87. The van der Waals surface area contributed by atoms with Crippen molar-refractivity contribution in [3.8, 4) is 11.5 Å². The number of phenolic OH excluding ortho intramolecular Hbond substituents is 2. The molecule has 1 saturated heterocycles. The predicted molar refractivity (Wildman–Crippen MR) is 90.7 cm³/mol. The summed E-state index contributed by atoms with van der Waals surface area (Å²) in [5, 5.41) is 29.5. The Labute approximate surface area is 159 Å². The van der Waals surface area contributed by atoms with E-state index >= 15 is 0 Å². The normalized spacial score (nSPS) is 25.7. The van der Waals surface area contributed by atoms with Crippen molar-refractivity contribution < 1.29 is 39.1 Å². The standard InChI is InChI=1S/C16H18Cl2O8/c1-4-6-7(10(19)9(18)11(20)8(6)17)15(22)26-13-5(2)25-16(23)14(24-3)12(13)21/h5,12-14,19-21H,4H2,1-3H3/t5-,12+,13-,14+/m1/s1. The van der Waals surface area contributed by atoms with Gasteiger partial charge in [-0.15, -0.1) is 0 Å². The van der Waals surface area contributed by atoms with E-state index in [1.54, 1.807) is 6.92 Å². The summed E-state index contributed by atoms with van der Waals surface area (Å²) in [5.41, 5.74) is -0.222. The first-order chi connectivity index (χ1) is 12.1. The van der Waals surface area contributed by atoms with Gasteiger partial charge in [0.05, 0.1) is 5.02 Å². The van der Waals surface area contributed by atoms with Crippen LogP contribution in [0, 0.1) is 0 Å². The highest BCUT2D eigenvalue weighted by atomic mass is 35.5. The number of aliphatic hydroxyl groups is 1. The fourth-order valence-corrected chi connectivity index (χ4v) is 3.32. The van der Waals surface area contributed by atoms with Crippen LogP contribution in [0.15, 0.2) is 0 Å². The highest BCUT2D eigenvalue weighted by Gasteiger charge is 2.46. The number of esters is 2. The van der Waals surface area contributed by atoms with Gasteiger partial charge in [0.25, 0.3) is 0 Å². The van der Waals surface area contributed by atoms with E-state index in [0.29, 0.717) is 0 Å². The number of ether oxygens (including phenoxy) is 3. The van der Waals surface area contributed by atoms with E-state index in [2.05, 4.69) is 0 Å². The summed E-state index contributed by atoms with van der Waals surface area (Å²) in [5.74, 6) is -3.09. The minimum absolute atomic E-state index is 0.120. The quantitative estimate of drug-likeness (QED) is 0.644. The van der Waals surface area contributed by atoms with Crippen molar-refractivity contribution >= 4 is 35.1 Å². The van der Waals surface area contributed by atoms with Crippen LogP contribution in [0.2, 0.25) is 10.0 Å². The molecule has 1 fully saturated rings. The number of halogens is 2. The zero-order chi connectivity index (χ0) is 19.8. The van der Waals surface area contributed by atoms with Crippen LogP contribution in [0.3, 0.4) is 0 Å². The van der Waals surface area contributed by atoms with Crippen molar-refractivity contribution in [2.75, 3.05) is 7.11 Å². The summed E-state index contributed by atoms with van der Waals surface area (Å²) in [7, 11) is 1.20. The molecular weight excluding hydrogens is 391 g/mol. The molecule has 0 unspecified atom stereocenters. The van der Waals surface area contributed by atoms with Crippen molar-refractivity contribution in [2.45, 2.75) is 44.7 Å². The third kappa shape index (κ3) is 3.42. The summed E-state index contributed by atoms with van der Waals surface area (Å²) >= 11 is 11.8. The third-order valence-corrected chi connectivity index (χ3v) is 4.89. The van der Waals surface area contributed by atoms with Crippen LogP contribution in [0.1, 0.15) is 29.8 Å². The number of carbonyl (C=O) groups excluding carboxylic acids is 2. The zero-order valence-electron chi connectivity index (χ0n) is 14.2. The topological polar surface area (TPSA) is 123 Å². The van der Waals surface area contributed by atoms with Gasteiger partial charge in [0.15, 0.2) is 23.7 Å². The number of hydrogen-bond acceptors (Lipinski definition) is 8. The Bertz CT molecular complexity index is 736. The molecule has 26 heavy (non-hydrogen) atoms. The minimum atomic E-state index is -1.48. The van der Waals surface area contributed by atoms with Gasteiger partial charge in [-0.1, -0.05) is 30.1 Å². The first kappa shape index (κ1) is 20.6. The lowest BCUT2D eigenvalue weighted by Gasteiger charge is -2.36. The lowest BCUT2D eigenvalue weighted by atomic mass is 9.99. The SMILES string of the molecule is CCc1c(Cl)c(O)c(Cl)c(O)c1C(=O)O[C@H]1[C@H](O)[C@H](OC)C(=O)O[C@@H]1C. The van der Waals surface area contributed by atoms with E-state index < -0.39 is 52.9 Å². The Hall–Kier alpha value is -1.74. The molecule has 3 N–H and O–H groups in total. The molecule has 0 amide bonds. The summed E-state index contributed by atoms with van der Waals surface area (Å²) in [6.45, 7) is 3.08. The summed E-state index contributed by atoms with van der Waals surface area (Å²) in [6, 6.07) is 0. The molecule has 1 aromatic carbocycles. The van der Waals surface area contributed by atoms with Gasteiger partial charge in [0.1, 0.15) is 22.8 Å². The monoisotopic (exact) mass is 408 g/mol. The zero-order valence-corrected chi connectivity index (χ0v) is 15.7. The molecule has 0 bridgehead atoms. The lowest BCUT2D eigenvalue weighted by molar-refractivity contribution is -0.203. The van der Waals surface area contributed by atoms with E-state index in [-0.39, 0.29) is 22.6 Å². The van der Waals surface area contributed by atoms with Crippen LogP contribution in [-0.2, 0) is 25.4 Å². The molecule has 8 nitrogen and oxygen atoms in total. The van der Waals surface area contributed by atoms with Gasteiger partial charge in [0, 0.05) is 7.11 Å². The van der Waals surface area contributed by atoms with Crippen LogP contribution in [0.25, 0.3) is 0 Å². The Balaban J connectivity index is 2.40. The average molecular weight is 409 g/mol. The highest BCUT2D eigenvalue weighted by molar-refractivity contribution is 6.39. The Morgan fingerprint density at radius 2 is 1.85 bits per heavy atom. The van der Waals surface area contributed by atoms with E-state index in [9.17, 15) is 24.9 Å². The first-order valence-corrected chi connectivity index (χ1v) is 8.45. The number of benzene rings is 1. The van der Waals surface area contributed by atoms with Gasteiger partial charge in [-0.25, -0.2) is 9.59 Å². The third-order valence-electron chi connectivity index (χ3n) is 4.13. The van der Waals surface area contributed by atoms with Crippen molar-refractivity contribution in [3.63, 3.8) is 0 Å². The molecular formula is C16H18Cl2O8. The number of methoxy groups -OCH3 is 1. The van der Waals surface area contributed by atoms with E-state index in [1.165, 1.54) is 14.0 Å². The maximum Gasteiger partial charge on any atom is 0.342 e. The summed E-state index contributed by atoms with van der Waals surface area (Å²) < 4.78 is 15.1. The number of hydrogen-bond donors (Lipinski definition) is 3. The minimum Gasteiger partial charge on any atom is -0.505 e. The number of aliphatic hydroxyl groups excluding tert-OH is 1. The first-order valence-electron chi connectivity index (χ1n) is 7.69. The van der Waals surface area contributed by atoms with Gasteiger partial charge in [-0.3, -0.25) is 0 Å². The number of aromatic hydroxyl groups is 2. The van der Waals surface area contributed by atoms with E-state index in [0.717, 1.165) is 0 Å². The second-order valence-corrected chi connectivity index (χ2v) is 6.45.